The molecule has 0 N–H and O–H groups in total. The van der Waals surface area contributed by atoms with Crippen LogP contribution in [0.5, 0.6) is 0 Å². The lowest BCUT2D eigenvalue weighted by molar-refractivity contribution is 0.208. The van der Waals surface area contributed by atoms with Gasteiger partial charge < -0.3 is 4.90 Å². The minimum atomic E-state index is 0.296. The van der Waals surface area contributed by atoms with E-state index in [-0.39, 0.29) is 0 Å². The van der Waals surface area contributed by atoms with Gasteiger partial charge in [-0.2, -0.15) is 5.26 Å². The predicted octanol–water partition coefficient (Wildman–Crippen LogP) is 3.07. The van der Waals surface area contributed by atoms with Gasteiger partial charge in [0.05, 0.1) is 6.07 Å². The summed E-state index contributed by atoms with van der Waals surface area (Å²) in [6, 6.07) is 11.1. The zero-order chi connectivity index (χ0) is 12.1. The van der Waals surface area contributed by atoms with Crippen molar-refractivity contribution in [2.45, 2.75) is 19.3 Å². The fourth-order valence-corrected chi connectivity index (χ4v) is 2.58. The Morgan fingerprint density at radius 1 is 1.24 bits per heavy atom. The minimum Gasteiger partial charge on any atom is -0.303 e. The monoisotopic (exact) mass is 340 g/mol. The lowest BCUT2D eigenvalue weighted by Gasteiger charge is -2.28. The molecule has 0 radical (unpaired) electrons. The van der Waals surface area contributed by atoms with Crippen molar-refractivity contribution in [3.05, 3.63) is 33.4 Å². The molecule has 1 fully saturated rings. The summed E-state index contributed by atoms with van der Waals surface area (Å²) in [7, 11) is 0. The molecule has 1 aliphatic rings. The maximum atomic E-state index is 8.84. The molecular formula is C14H17IN2. The highest BCUT2D eigenvalue weighted by Gasteiger charge is 2.17. The molecule has 1 heterocycles. The molecule has 0 aliphatic carbocycles. The van der Waals surface area contributed by atoms with E-state index in [0.717, 1.165) is 38.9 Å². The van der Waals surface area contributed by atoms with Crippen LogP contribution in [0.15, 0.2) is 24.3 Å². The van der Waals surface area contributed by atoms with E-state index in [0.29, 0.717) is 5.92 Å². The van der Waals surface area contributed by atoms with Crippen molar-refractivity contribution in [1.82, 2.24) is 4.90 Å². The summed E-state index contributed by atoms with van der Waals surface area (Å²) in [5.41, 5.74) is 1.41. The van der Waals surface area contributed by atoms with Crippen LogP contribution in [0.2, 0.25) is 0 Å². The molecule has 0 saturated carbocycles. The van der Waals surface area contributed by atoms with Gasteiger partial charge in [0, 0.05) is 16.0 Å². The number of halogens is 1. The van der Waals surface area contributed by atoms with Crippen LogP contribution >= 0.6 is 22.6 Å². The molecule has 2 nitrogen and oxygen atoms in total. The third-order valence-corrected chi connectivity index (χ3v) is 4.12. The summed E-state index contributed by atoms with van der Waals surface area (Å²) in [6.07, 6.45) is 3.21. The van der Waals surface area contributed by atoms with Gasteiger partial charge in [-0.15, -0.1) is 0 Å². The summed E-state index contributed by atoms with van der Waals surface area (Å²) in [4.78, 5) is 2.48. The molecule has 1 saturated heterocycles. The first-order chi connectivity index (χ1) is 8.28. The molecule has 17 heavy (non-hydrogen) atoms. The molecular weight excluding hydrogens is 323 g/mol. The fraction of sp³-hybridized carbons (Fsp3) is 0.500. The predicted molar refractivity (Wildman–Crippen MR) is 77.6 cm³/mol. The maximum absolute atomic E-state index is 8.84. The summed E-state index contributed by atoms with van der Waals surface area (Å²) >= 11 is 2.33. The normalized spacial score (nSPS) is 17.9. The zero-order valence-electron chi connectivity index (χ0n) is 9.90. The molecule has 1 aliphatic heterocycles. The zero-order valence-corrected chi connectivity index (χ0v) is 12.1. The molecule has 1 aromatic carbocycles. The van der Waals surface area contributed by atoms with Gasteiger partial charge in [0.15, 0.2) is 0 Å². The second kappa shape index (κ2) is 6.36. The molecule has 0 unspecified atom stereocenters. The van der Waals surface area contributed by atoms with Crippen LogP contribution in [0.1, 0.15) is 18.4 Å². The first kappa shape index (κ1) is 12.8. The largest absolute Gasteiger partial charge is 0.303 e. The molecule has 3 heteroatoms. The number of nitriles is 1. The Morgan fingerprint density at radius 2 is 1.88 bits per heavy atom. The van der Waals surface area contributed by atoms with Crippen molar-refractivity contribution < 1.29 is 0 Å². The number of benzene rings is 1. The Morgan fingerprint density at radius 3 is 2.47 bits per heavy atom. The lowest BCUT2D eigenvalue weighted by Crippen LogP contribution is -2.34. The molecule has 0 atom stereocenters. The number of hydrogen-bond donors (Lipinski definition) is 0. The van der Waals surface area contributed by atoms with Crippen LogP contribution in [-0.2, 0) is 6.42 Å². The fourth-order valence-electron chi connectivity index (χ4n) is 2.22. The van der Waals surface area contributed by atoms with Gasteiger partial charge in [0.25, 0.3) is 0 Å². The summed E-state index contributed by atoms with van der Waals surface area (Å²) in [5, 5.41) is 8.84. The highest BCUT2D eigenvalue weighted by atomic mass is 127. The van der Waals surface area contributed by atoms with Crippen LogP contribution < -0.4 is 0 Å². The third kappa shape index (κ3) is 3.97. The molecule has 2 rings (SSSR count). The van der Waals surface area contributed by atoms with Gasteiger partial charge in [0.2, 0.25) is 0 Å². The standard InChI is InChI=1S/C14H17IN2/c15-14-3-1-12(2-4-14)5-8-17-9-6-13(11-16)7-10-17/h1-4,13H,5-10H2. The topological polar surface area (TPSA) is 27.0 Å². The molecule has 0 amide bonds. The van der Waals surface area contributed by atoms with E-state index in [9.17, 15) is 0 Å². The lowest BCUT2D eigenvalue weighted by atomic mass is 9.98. The molecule has 0 bridgehead atoms. The van der Waals surface area contributed by atoms with Gasteiger partial charge >= 0.3 is 0 Å². The van der Waals surface area contributed by atoms with Crippen LogP contribution in [0.3, 0.4) is 0 Å². The van der Waals surface area contributed by atoms with E-state index in [1.807, 2.05) is 0 Å². The van der Waals surface area contributed by atoms with Crippen LogP contribution in [0, 0.1) is 20.8 Å². The number of piperidine rings is 1. The molecule has 1 aromatic rings. The van der Waals surface area contributed by atoms with E-state index in [1.165, 1.54) is 9.13 Å². The summed E-state index contributed by atoms with van der Waals surface area (Å²) in [5.74, 6) is 0.296. The Balaban J connectivity index is 1.76. The molecule has 0 aromatic heterocycles. The Labute approximate surface area is 117 Å². The van der Waals surface area contributed by atoms with Crippen LogP contribution in [-0.4, -0.2) is 24.5 Å². The van der Waals surface area contributed by atoms with E-state index < -0.39 is 0 Å². The first-order valence-electron chi connectivity index (χ1n) is 6.14. The maximum Gasteiger partial charge on any atom is 0.0656 e. The SMILES string of the molecule is N#CC1CCN(CCc2ccc(I)cc2)CC1. The summed E-state index contributed by atoms with van der Waals surface area (Å²) < 4.78 is 1.29. The number of likely N-dealkylation sites (tertiary alicyclic amines) is 1. The highest BCUT2D eigenvalue weighted by molar-refractivity contribution is 14.1. The van der Waals surface area contributed by atoms with Gasteiger partial charge in [-0.05, 0) is 72.6 Å². The third-order valence-electron chi connectivity index (χ3n) is 3.40. The van der Waals surface area contributed by atoms with E-state index >= 15 is 0 Å². The number of hydrogen-bond acceptors (Lipinski definition) is 2. The second-order valence-corrected chi connectivity index (χ2v) is 5.87. The molecule has 0 spiro atoms. The van der Waals surface area contributed by atoms with Crippen LogP contribution in [0.4, 0.5) is 0 Å². The quantitative estimate of drug-likeness (QED) is 0.791. The van der Waals surface area contributed by atoms with Crippen molar-refractivity contribution in [2.75, 3.05) is 19.6 Å². The smallest absolute Gasteiger partial charge is 0.0656 e. The van der Waals surface area contributed by atoms with Gasteiger partial charge in [-0.3, -0.25) is 0 Å². The number of nitrogens with zero attached hydrogens (tertiary/aromatic N) is 2. The van der Waals surface area contributed by atoms with Gasteiger partial charge in [0.1, 0.15) is 0 Å². The second-order valence-electron chi connectivity index (χ2n) is 4.62. The average Bonchev–Trinajstić information content (AvgIpc) is 2.39. The Kier molecular flexibility index (Phi) is 4.81. The van der Waals surface area contributed by atoms with Crippen LogP contribution in [0.25, 0.3) is 0 Å². The van der Waals surface area contributed by atoms with Gasteiger partial charge in [-0.25, -0.2) is 0 Å². The van der Waals surface area contributed by atoms with E-state index in [1.54, 1.807) is 0 Å². The average molecular weight is 340 g/mol. The number of rotatable bonds is 3. The van der Waals surface area contributed by atoms with Crippen molar-refractivity contribution in [2.24, 2.45) is 5.92 Å². The Bertz CT molecular complexity index is 386. The first-order valence-corrected chi connectivity index (χ1v) is 7.22. The van der Waals surface area contributed by atoms with E-state index in [4.69, 9.17) is 5.26 Å². The van der Waals surface area contributed by atoms with Crippen molar-refractivity contribution in [3.63, 3.8) is 0 Å². The van der Waals surface area contributed by atoms with Crippen molar-refractivity contribution in [3.8, 4) is 6.07 Å². The van der Waals surface area contributed by atoms with Gasteiger partial charge in [-0.1, -0.05) is 12.1 Å². The van der Waals surface area contributed by atoms with Crippen molar-refractivity contribution >= 4 is 22.6 Å². The van der Waals surface area contributed by atoms with E-state index in [2.05, 4.69) is 57.8 Å². The highest BCUT2D eigenvalue weighted by Crippen LogP contribution is 2.16. The minimum absolute atomic E-state index is 0.296. The van der Waals surface area contributed by atoms with Crippen molar-refractivity contribution in [1.29, 1.82) is 5.26 Å². The Hall–Kier alpha value is -0.600. The molecule has 90 valence electrons. The summed E-state index contributed by atoms with van der Waals surface area (Å²) in [6.45, 7) is 3.30.